The molecule has 2 nitrogen and oxygen atoms in total. The van der Waals surface area contributed by atoms with E-state index in [4.69, 9.17) is 0 Å². The molecule has 4 heteroatoms. The largest absolute Gasteiger partial charge is 0.236 e. The molecule has 0 aromatic carbocycles. The smallest absolute Gasteiger partial charge is 0.169 e. The van der Waals surface area contributed by atoms with Crippen molar-refractivity contribution in [1.29, 1.82) is 0 Å². The maximum atomic E-state index is 4.23. The van der Waals surface area contributed by atoms with Gasteiger partial charge < -0.3 is 0 Å². The van der Waals surface area contributed by atoms with Crippen LogP contribution in [0.3, 0.4) is 0 Å². The van der Waals surface area contributed by atoms with Gasteiger partial charge in [0.05, 0.1) is 4.88 Å². The summed E-state index contributed by atoms with van der Waals surface area (Å²) in [5.41, 5.74) is 0. The third kappa shape index (κ3) is 1.23. The van der Waals surface area contributed by atoms with Gasteiger partial charge in [-0.05, 0) is 23.6 Å². The molecular weight excluding hydrogens is 212 g/mol. The lowest BCUT2D eigenvalue weighted by atomic mass is 10.4. The molecule has 0 unspecified atom stereocenters. The summed E-state index contributed by atoms with van der Waals surface area (Å²) in [5, 5.41) is 2.11. The van der Waals surface area contributed by atoms with E-state index < -0.39 is 0 Å². The van der Waals surface area contributed by atoms with Gasteiger partial charge in [0.1, 0.15) is 0 Å². The highest BCUT2D eigenvalue weighted by Gasteiger charge is 2.06. The van der Waals surface area contributed by atoms with Gasteiger partial charge in [-0.25, -0.2) is 9.97 Å². The number of nitrogens with zero attached hydrogens (tertiary/aromatic N) is 2. The maximum absolute atomic E-state index is 4.23. The average molecular weight is 218 g/mol. The molecule has 3 heterocycles. The van der Waals surface area contributed by atoms with E-state index in [-0.39, 0.29) is 0 Å². The molecule has 0 saturated heterocycles. The number of hydrogen-bond acceptors (Lipinski definition) is 4. The first kappa shape index (κ1) is 8.08. The molecule has 3 aromatic rings. The summed E-state index contributed by atoms with van der Waals surface area (Å²) in [7, 11) is 0. The second-order valence-electron chi connectivity index (χ2n) is 2.83. The summed E-state index contributed by atoms with van der Waals surface area (Å²) in [6.45, 7) is 0. The van der Waals surface area contributed by atoms with Crippen LogP contribution in [0.25, 0.3) is 20.1 Å². The summed E-state index contributed by atoms with van der Waals surface area (Å²) in [4.78, 5) is 9.60. The van der Waals surface area contributed by atoms with Gasteiger partial charge in [-0.15, -0.1) is 22.7 Å². The van der Waals surface area contributed by atoms with Gasteiger partial charge in [-0.3, -0.25) is 0 Å². The molecule has 0 aliphatic rings. The fourth-order valence-electron chi connectivity index (χ4n) is 1.30. The Morgan fingerprint density at radius 1 is 1.07 bits per heavy atom. The Kier molecular flexibility index (Phi) is 1.82. The Morgan fingerprint density at radius 2 is 1.93 bits per heavy atom. The molecule has 0 radical (unpaired) electrons. The molecule has 3 rings (SSSR count). The van der Waals surface area contributed by atoms with E-state index in [2.05, 4.69) is 27.5 Å². The van der Waals surface area contributed by atoms with Crippen molar-refractivity contribution >= 4 is 32.1 Å². The molecule has 0 spiro atoms. The SMILES string of the molecule is c1cnc(-c2cc3sccc3s2)nc1. The zero-order valence-electron chi connectivity index (χ0n) is 7.18. The molecule has 0 saturated carbocycles. The minimum absolute atomic E-state index is 0.820. The second kappa shape index (κ2) is 3.15. The van der Waals surface area contributed by atoms with E-state index in [0.717, 1.165) is 10.7 Å². The van der Waals surface area contributed by atoms with E-state index in [1.807, 2.05) is 6.07 Å². The third-order valence-electron chi connectivity index (χ3n) is 1.93. The van der Waals surface area contributed by atoms with Gasteiger partial charge in [-0.1, -0.05) is 0 Å². The van der Waals surface area contributed by atoms with Crippen molar-refractivity contribution in [3.63, 3.8) is 0 Å². The topological polar surface area (TPSA) is 25.8 Å². The highest BCUT2D eigenvalue weighted by Crippen LogP contribution is 2.34. The van der Waals surface area contributed by atoms with Crippen LogP contribution in [0.15, 0.2) is 36.0 Å². The third-order valence-corrected chi connectivity index (χ3v) is 4.01. The summed E-state index contributed by atoms with van der Waals surface area (Å²) >= 11 is 3.50. The molecule has 68 valence electrons. The van der Waals surface area contributed by atoms with Crippen molar-refractivity contribution in [3.05, 3.63) is 36.0 Å². The lowest BCUT2D eigenvalue weighted by Gasteiger charge is -1.91. The van der Waals surface area contributed by atoms with Crippen LogP contribution in [-0.4, -0.2) is 9.97 Å². The summed E-state index contributed by atoms with van der Waals surface area (Å²) in [6.07, 6.45) is 3.55. The maximum Gasteiger partial charge on any atom is 0.169 e. The highest BCUT2D eigenvalue weighted by atomic mass is 32.1. The molecule has 0 fully saturated rings. The van der Waals surface area contributed by atoms with Crippen molar-refractivity contribution in [2.24, 2.45) is 0 Å². The minimum atomic E-state index is 0.820. The average Bonchev–Trinajstić information content (AvgIpc) is 2.78. The minimum Gasteiger partial charge on any atom is -0.236 e. The van der Waals surface area contributed by atoms with Crippen LogP contribution in [0.2, 0.25) is 0 Å². The molecule has 0 amide bonds. The van der Waals surface area contributed by atoms with Crippen LogP contribution in [-0.2, 0) is 0 Å². The van der Waals surface area contributed by atoms with Gasteiger partial charge >= 0.3 is 0 Å². The van der Waals surface area contributed by atoms with Crippen LogP contribution in [0.4, 0.5) is 0 Å². The van der Waals surface area contributed by atoms with Crippen LogP contribution >= 0.6 is 22.7 Å². The number of hydrogen-bond donors (Lipinski definition) is 0. The number of rotatable bonds is 1. The Bertz CT molecular complexity index is 525. The van der Waals surface area contributed by atoms with Crippen LogP contribution in [0, 0.1) is 0 Å². The molecule has 3 aromatic heterocycles. The first-order chi connectivity index (χ1) is 6.93. The monoisotopic (exact) mass is 218 g/mol. The first-order valence-electron chi connectivity index (χ1n) is 4.18. The molecular formula is C10H6N2S2. The van der Waals surface area contributed by atoms with Gasteiger partial charge in [-0.2, -0.15) is 0 Å². The predicted molar refractivity (Wildman–Crippen MR) is 60.7 cm³/mol. The Balaban J connectivity index is 2.19. The Hall–Kier alpha value is -1.26. The number of fused-ring (bicyclic) bond motifs is 1. The van der Waals surface area contributed by atoms with Crippen molar-refractivity contribution in [2.45, 2.75) is 0 Å². The summed E-state index contributed by atoms with van der Waals surface area (Å²) < 4.78 is 2.63. The van der Waals surface area contributed by atoms with Crippen molar-refractivity contribution in [2.75, 3.05) is 0 Å². The standard InChI is InChI=1S/C10H6N2S2/c1-3-11-10(12-4-1)9-6-8-7(14-9)2-5-13-8/h1-6H. The molecule has 0 aliphatic heterocycles. The van der Waals surface area contributed by atoms with Gasteiger partial charge in [0.15, 0.2) is 5.82 Å². The van der Waals surface area contributed by atoms with Crippen molar-refractivity contribution in [3.8, 4) is 10.7 Å². The predicted octanol–water partition coefficient (Wildman–Crippen LogP) is 3.42. The van der Waals surface area contributed by atoms with Gasteiger partial charge in [0, 0.05) is 21.8 Å². The first-order valence-corrected chi connectivity index (χ1v) is 5.87. The Labute approximate surface area is 88.9 Å². The fraction of sp³-hybridized carbons (Fsp3) is 0. The highest BCUT2D eigenvalue weighted by molar-refractivity contribution is 7.28. The number of aromatic nitrogens is 2. The van der Waals surface area contributed by atoms with Gasteiger partial charge in [0.2, 0.25) is 0 Å². The molecule has 0 atom stereocenters. The quantitative estimate of drug-likeness (QED) is 0.625. The fourth-order valence-corrected chi connectivity index (χ4v) is 3.36. The summed E-state index contributed by atoms with van der Waals surface area (Å²) in [5.74, 6) is 0.820. The van der Waals surface area contributed by atoms with E-state index in [1.54, 1.807) is 35.1 Å². The van der Waals surface area contributed by atoms with Gasteiger partial charge in [0.25, 0.3) is 0 Å². The van der Waals surface area contributed by atoms with E-state index in [0.29, 0.717) is 0 Å². The number of thiophene rings is 2. The second-order valence-corrected chi connectivity index (χ2v) is 4.86. The van der Waals surface area contributed by atoms with E-state index in [1.165, 1.54) is 9.40 Å². The Morgan fingerprint density at radius 3 is 2.71 bits per heavy atom. The zero-order chi connectivity index (χ0) is 9.38. The van der Waals surface area contributed by atoms with E-state index in [9.17, 15) is 0 Å². The lowest BCUT2D eigenvalue weighted by Crippen LogP contribution is -1.81. The van der Waals surface area contributed by atoms with Crippen LogP contribution in [0.1, 0.15) is 0 Å². The molecule has 14 heavy (non-hydrogen) atoms. The molecule has 0 N–H and O–H groups in total. The lowest BCUT2D eigenvalue weighted by molar-refractivity contribution is 1.19. The van der Waals surface area contributed by atoms with Crippen molar-refractivity contribution < 1.29 is 0 Å². The van der Waals surface area contributed by atoms with Crippen LogP contribution < -0.4 is 0 Å². The molecule has 0 bridgehead atoms. The van der Waals surface area contributed by atoms with Crippen LogP contribution in [0.5, 0.6) is 0 Å². The molecule has 0 aliphatic carbocycles. The van der Waals surface area contributed by atoms with E-state index >= 15 is 0 Å². The summed E-state index contributed by atoms with van der Waals surface area (Å²) in [6, 6.07) is 6.12. The zero-order valence-corrected chi connectivity index (χ0v) is 8.81. The normalized spacial score (nSPS) is 10.9. The van der Waals surface area contributed by atoms with Crippen molar-refractivity contribution in [1.82, 2.24) is 9.97 Å².